The van der Waals surface area contributed by atoms with E-state index >= 15 is 17.6 Å². The minimum Gasteiger partial charge on any atom is -0.493 e. The Kier molecular flexibility index (Phi) is 32.2. The van der Waals surface area contributed by atoms with Gasteiger partial charge in [-0.05, 0) is 175 Å². The van der Waals surface area contributed by atoms with Crippen LogP contribution < -0.4 is 61.5 Å². The number of carbonyl (C=O) groups excluding carboxylic acids is 6. The summed E-state index contributed by atoms with van der Waals surface area (Å²) in [6.07, 6.45) is -10.5. The minimum absolute atomic E-state index is 0.0319. The smallest absolute Gasteiger partial charge is 0.411 e. The van der Waals surface area contributed by atoms with E-state index in [-0.39, 0.29) is 97.9 Å². The number of halogens is 13. The fraction of sp³-hybridized carbons (Fsp3) is 0.449. The first-order chi connectivity index (χ1) is 66.7. The van der Waals surface area contributed by atoms with E-state index in [9.17, 15) is 82.7 Å². The van der Waals surface area contributed by atoms with E-state index in [0.29, 0.717) is 178 Å². The largest absolute Gasteiger partial charge is 0.493 e. The van der Waals surface area contributed by atoms with Gasteiger partial charge in [0, 0.05) is 93.8 Å². The Morgan fingerprint density at radius 3 is 0.901 bits per heavy atom. The van der Waals surface area contributed by atoms with Crippen LogP contribution in [0.25, 0.3) is 33.4 Å². The summed E-state index contributed by atoms with van der Waals surface area (Å²) in [6, 6.07) is 6.03. The van der Waals surface area contributed by atoms with Gasteiger partial charge in [0.15, 0.2) is 0 Å². The maximum atomic E-state index is 15.5. The van der Waals surface area contributed by atoms with E-state index in [4.69, 9.17) is 42.6 Å². The highest BCUT2D eigenvalue weighted by molar-refractivity contribution is 6.00. The number of benzene rings is 6. The third kappa shape index (κ3) is 22.5. The molecular weight excluding hydrogens is 1880 g/mol. The molecule has 6 aromatic carbocycles. The molecule has 9 heterocycles. The van der Waals surface area contributed by atoms with Crippen molar-refractivity contribution in [2.45, 2.75) is 168 Å². The molecule has 3 aromatic heterocycles. The third-order valence-electron chi connectivity index (χ3n) is 25.8. The second-order valence-corrected chi connectivity index (χ2v) is 34.8. The van der Waals surface area contributed by atoms with E-state index in [1.54, 1.807) is 99.1 Å². The highest BCUT2D eigenvalue weighted by Gasteiger charge is 2.49. The van der Waals surface area contributed by atoms with Gasteiger partial charge in [0.05, 0.1) is 126 Å². The topological polar surface area (TPSA) is 336 Å². The number of methoxy groups -OCH3 is 3. The monoisotopic (exact) mass is 1980 g/mol. The van der Waals surface area contributed by atoms with Crippen LogP contribution in [-0.4, -0.2) is 219 Å². The average molecular weight is 1990 g/mol. The number of morpholine rings is 3. The van der Waals surface area contributed by atoms with Gasteiger partial charge >= 0.3 is 36.4 Å². The molecule has 43 heteroatoms. The quantitative estimate of drug-likeness (QED) is 0.0342. The second kappa shape index (κ2) is 43.3. The predicted molar refractivity (Wildman–Crippen MR) is 488 cm³/mol. The summed E-state index contributed by atoms with van der Waals surface area (Å²) in [7, 11) is 8.29. The number of hydrogen-bond donors (Lipinski definition) is 3. The number of hydrogen-bond acceptors (Lipinski definition) is 24. The Hall–Kier alpha value is -13.5. The van der Waals surface area contributed by atoms with Gasteiger partial charge in [-0.15, -0.1) is 0 Å². The number of nitrogens with zero attached hydrogens (tertiary/aromatic N) is 9. The summed E-state index contributed by atoms with van der Waals surface area (Å²) in [5, 5.41) is 7.44. The van der Waals surface area contributed by atoms with Gasteiger partial charge in [-0.1, -0.05) is 36.4 Å². The Bertz CT molecular complexity index is 5860. The first-order valence-electron chi connectivity index (χ1n) is 45.1. The summed E-state index contributed by atoms with van der Waals surface area (Å²) in [4.78, 5) is 135. The molecule has 0 spiro atoms. The first-order valence-corrected chi connectivity index (χ1v) is 45.1. The number of alkyl halides is 9. The Labute approximate surface area is 800 Å². The SMILES string of the molecule is COC(=O)[C@H](Cc1ccc(-c2c(C)nc(C)n(C)c2=O)c2c1CCCO2)NC(=O)c1c(C)cc(N2CCOC[C@@H]2C(F)(F)F)cc1F.COC(=O)[C@H](Cc1ccc(-c2c(C)nc(C)n(C)c2=O)c2c1CCCO2)NC(=O)c1c(C)cc(N2CCOC[C@@H]2C(F)(F)F)cc1F.COC(=O)[C@H](Cc1ccc(-c2c(C)nc(C)n(C)c2=O)c2c1CCCO2)NC(=O)c1c(F)cc(N2CCOC[C@@H]2C(F)(F)F)cc1F. The summed E-state index contributed by atoms with van der Waals surface area (Å²) in [5.74, 6) is -7.44. The number of aryl methyl sites for hydroxylation is 8. The number of carbonyl (C=O) groups is 6. The molecule has 6 atom stereocenters. The van der Waals surface area contributed by atoms with Crippen molar-refractivity contribution in [3.05, 3.63) is 223 Å². The molecule has 15 rings (SSSR count). The highest BCUT2D eigenvalue weighted by atomic mass is 19.4. The molecule has 0 aliphatic carbocycles. The van der Waals surface area contributed by atoms with Crippen molar-refractivity contribution in [3.63, 3.8) is 0 Å². The van der Waals surface area contributed by atoms with Gasteiger partial charge in [0.2, 0.25) is 0 Å². The van der Waals surface area contributed by atoms with Crippen LogP contribution in [0, 0.1) is 78.7 Å². The van der Waals surface area contributed by atoms with E-state index in [2.05, 4.69) is 30.9 Å². The minimum atomic E-state index is -4.73. The molecule has 756 valence electrons. The van der Waals surface area contributed by atoms with Crippen molar-refractivity contribution in [2.75, 3.05) is 115 Å². The number of anilines is 3. The molecule has 0 unspecified atom stereocenters. The van der Waals surface area contributed by atoms with Crippen molar-refractivity contribution in [2.24, 2.45) is 21.1 Å². The Morgan fingerprint density at radius 1 is 0.390 bits per heavy atom. The fourth-order valence-corrected chi connectivity index (χ4v) is 18.4. The third-order valence-corrected chi connectivity index (χ3v) is 25.8. The van der Waals surface area contributed by atoms with Gasteiger partial charge in [0.25, 0.3) is 34.4 Å². The summed E-state index contributed by atoms with van der Waals surface area (Å²) >= 11 is 0. The Morgan fingerprint density at radius 2 is 0.645 bits per heavy atom. The van der Waals surface area contributed by atoms with Crippen LogP contribution in [0.4, 0.5) is 74.1 Å². The summed E-state index contributed by atoms with van der Waals surface area (Å²) in [5.41, 5.74) is 5.57. The molecule has 0 radical (unpaired) electrons. The van der Waals surface area contributed by atoms with Crippen LogP contribution >= 0.6 is 0 Å². The first kappa shape index (κ1) is 105. The zero-order valence-corrected chi connectivity index (χ0v) is 79.5. The number of esters is 3. The van der Waals surface area contributed by atoms with Gasteiger partial charge in [-0.25, -0.2) is 46.9 Å². The number of amides is 3. The van der Waals surface area contributed by atoms with Crippen LogP contribution in [0.3, 0.4) is 0 Å². The van der Waals surface area contributed by atoms with Crippen LogP contribution in [-0.2, 0) is 102 Å². The summed E-state index contributed by atoms with van der Waals surface area (Å²) in [6.45, 7) is 12.0. The predicted octanol–water partition coefficient (Wildman–Crippen LogP) is 12.2. The highest BCUT2D eigenvalue weighted by Crippen LogP contribution is 2.45. The normalized spacial score (nSPS) is 17.0. The zero-order valence-electron chi connectivity index (χ0n) is 79.5. The lowest BCUT2D eigenvalue weighted by Crippen LogP contribution is -2.53. The molecule has 141 heavy (non-hydrogen) atoms. The molecule has 6 aliphatic rings. The van der Waals surface area contributed by atoms with Gasteiger partial charge in [-0.3, -0.25) is 42.5 Å². The van der Waals surface area contributed by atoms with Crippen LogP contribution in [0.5, 0.6) is 17.2 Å². The molecule has 6 aliphatic heterocycles. The maximum absolute atomic E-state index is 15.5. The lowest BCUT2D eigenvalue weighted by atomic mass is 9.90. The van der Waals surface area contributed by atoms with Gasteiger partial charge in [0.1, 0.15) is 99.8 Å². The lowest BCUT2D eigenvalue weighted by molar-refractivity contribution is -0.167. The molecule has 9 aromatic rings. The van der Waals surface area contributed by atoms with Crippen LogP contribution in [0.1, 0.15) is 129 Å². The molecule has 3 saturated heterocycles. The van der Waals surface area contributed by atoms with Crippen LogP contribution in [0.2, 0.25) is 0 Å². The van der Waals surface area contributed by atoms with E-state index in [0.717, 1.165) is 59.3 Å². The maximum Gasteiger partial charge on any atom is 0.411 e. The molecule has 3 amide bonds. The number of nitrogens with one attached hydrogen (secondary N) is 3. The van der Waals surface area contributed by atoms with E-state index in [1.807, 2.05) is 0 Å². The van der Waals surface area contributed by atoms with Crippen LogP contribution in [0.15, 0.2) is 87.2 Å². The molecular formula is C98H105F13N12O18. The molecule has 30 nitrogen and oxygen atoms in total. The number of rotatable bonds is 21. The fourth-order valence-electron chi connectivity index (χ4n) is 18.4. The number of ether oxygens (including phenoxy) is 9. The van der Waals surface area contributed by atoms with Crippen molar-refractivity contribution in [1.29, 1.82) is 0 Å². The molecule has 0 saturated carbocycles. The number of aromatic nitrogens is 6. The average Bonchev–Trinajstić information content (AvgIpc) is 0.756. The van der Waals surface area contributed by atoms with E-state index in [1.165, 1.54) is 39.7 Å². The summed E-state index contributed by atoms with van der Waals surface area (Å²) < 4.78 is 236. The molecule has 3 N–H and O–H groups in total. The van der Waals surface area contributed by atoms with Crippen molar-refractivity contribution in [3.8, 4) is 50.6 Å². The van der Waals surface area contributed by atoms with Gasteiger partial charge in [-0.2, -0.15) is 39.5 Å². The van der Waals surface area contributed by atoms with Crippen molar-refractivity contribution < 1.29 is 128 Å². The zero-order chi connectivity index (χ0) is 103. The van der Waals surface area contributed by atoms with Crippen molar-refractivity contribution in [1.82, 2.24) is 44.6 Å². The van der Waals surface area contributed by atoms with Crippen molar-refractivity contribution >= 4 is 52.7 Å². The number of fused-ring (bicyclic) bond motifs is 3. The lowest BCUT2D eigenvalue weighted by Gasteiger charge is -2.38. The van der Waals surface area contributed by atoms with Gasteiger partial charge < -0.3 is 73.3 Å². The Balaban J connectivity index is 0.000000178. The standard InChI is InChI=1S/2C33H36F4N4O6.C32H33F5N4O6/c2*1-17-13-21(41-10-12-46-16-26(41)33(35,36)37)15-24(34)27(17)30(42)39-25(32(44)45-5)14-20-8-9-23(29-22(20)7-6-11-47-29)28-18(2)38-19(3)40(4)31(28)43;1-16-26(30(43)40(3)17(2)38-16)21-8-7-18(20-6-5-10-47-28(20)21)12-24(31(44)45-4)39-29(42)27-22(33)13-19(14-23(27)34)41-9-11-46-15-25(41)32(35,36)37/h2*8-9,13,15,25-26H,6-7,10-12,14,16H2,1-5H3,(H,39,42);7-8,13-14,24-25H,5-6,9-12,15H2,1-4H3,(H,39,42)/t2*25-,26+;24-,25+/m000/s1. The molecule has 3 fully saturated rings. The van der Waals surface area contributed by atoms with E-state index < -0.39 is 156 Å². The second-order valence-electron chi connectivity index (χ2n) is 34.8. The molecule has 0 bridgehead atoms.